The van der Waals surface area contributed by atoms with Crippen LogP contribution in [0.2, 0.25) is 5.02 Å². The molecule has 1 N–H and O–H groups in total. The molecule has 3 aliphatic rings. The van der Waals surface area contributed by atoms with Crippen LogP contribution in [0.1, 0.15) is 48.9 Å². The Bertz CT molecular complexity index is 526. The van der Waals surface area contributed by atoms with Crippen molar-refractivity contribution in [2.45, 2.75) is 62.7 Å². The van der Waals surface area contributed by atoms with E-state index in [0.29, 0.717) is 28.7 Å². The summed E-state index contributed by atoms with van der Waals surface area (Å²) in [6.45, 7) is 0. The largest absolute Gasteiger partial charge is 0.349 e. The summed E-state index contributed by atoms with van der Waals surface area (Å²) in [5.74, 6) is 0.0379. The number of hydrogen-bond donors (Lipinski definition) is 1. The molecule has 0 spiro atoms. The van der Waals surface area contributed by atoms with Crippen LogP contribution in [-0.2, 0) is 0 Å². The summed E-state index contributed by atoms with van der Waals surface area (Å²) in [6.07, 6.45) is 7.63. The Morgan fingerprint density at radius 2 is 1.57 bits per heavy atom. The van der Waals surface area contributed by atoms with Crippen molar-refractivity contribution in [1.29, 1.82) is 0 Å². The number of piperidine rings is 1. The predicted molar refractivity (Wildman–Crippen MR) is 83.6 cm³/mol. The normalized spacial score (nSPS) is 32.1. The summed E-state index contributed by atoms with van der Waals surface area (Å²) in [7, 11) is 0. The minimum atomic E-state index is 0.0379. The maximum atomic E-state index is 12.3. The van der Waals surface area contributed by atoms with Gasteiger partial charge in [0.1, 0.15) is 0 Å². The lowest BCUT2D eigenvalue weighted by Gasteiger charge is -2.39. The second kappa shape index (κ2) is 5.29. The number of carbonyl (C=O) groups excluding carboxylic acids is 1. The molecule has 1 saturated carbocycles. The van der Waals surface area contributed by atoms with E-state index in [2.05, 4.69) is 10.2 Å². The minimum Gasteiger partial charge on any atom is -0.349 e. The Balaban J connectivity index is 1.40. The third-order valence-corrected chi connectivity index (χ3v) is 5.45. The lowest BCUT2D eigenvalue weighted by molar-refractivity contribution is 0.0827. The van der Waals surface area contributed by atoms with E-state index in [1.165, 1.54) is 25.7 Å². The van der Waals surface area contributed by atoms with E-state index >= 15 is 0 Å². The molecule has 2 aliphatic heterocycles. The molecule has 4 heteroatoms. The van der Waals surface area contributed by atoms with Crippen molar-refractivity contribution < 1.29 is 4.79 Å². The number of nitrogens with zero attached hydrogens (tertiary/aromatic N) is 1. The molecule has 1 aromatic rings. The number of fused-ring (bicyclic) bond motifs is 2. The summed E-state index contributed by atoms with van der Waals surface area (Å²) in [5, 5.41) is 3.90. The second-order valence-electron chi connectivity index (χ2n) is 6.71. The molecule has 3 atom stereocenters. The average Bonchev–Trinajstić information content (AvgIpc) is 3.27. The predicted octanol–water partition coefficient (Wildman–Crippen LogP) is 3.23. The number of hydrogen-bond acceptors (Lipinski definition) is 2. The second-order valence-corrected chi connectivity index (χ2v) is 7.15. The van der Waals surface area contributed by atoms with Crippen molar-refractivity contribution >= 4 is 17.5 Å². The first-order valence-electron chi connectivity index (χ1n) is 8.04. The van der Waals surface area contributed by atoms with Crippen LogP contribution < -0.4 is 5.32 Å². The Hall–Kier alpha value is -1.06. The molecule has 2 bridgehead atoms. The fourth-order valence-corrected chi connectivity index (χ4v) is 4.30. The Labute approximate surface area is 130 Å². The number of halogens is 1. The molecule has 1 unspecified atom stereocenters. The first-order valence-corrected chi connectivity index (χ1v) is 8.42. The van der Waals surface area contributed by atoms with Gasteiger partial charge in [-0.2, -0.15) is 0 Å². The van der Waals surface area contributed by atoms with E-state index in [4.69, 9.17) is 11.6 Å². The minimum absolute atomic E-state index is 0.0379. The van der Waals surface area contributed by atoms with Gasteiger partial charge in [0.25, 0.3) is 5.91 Å². The quantitative estimate of drug-likeness (QED) is 0.930. The highest BCUT2D eigenvalue weighted by molar-refractivity contribution is 6.30. The zero-order chi connectivity index (χ0) is 14.4. The van der Waals surface area contributed by atoms with Gasteiger partial charge in [0.2, 0.25) is 0 Å². The van der Waals surface area contributed by atoms with E-state index in [0.717, 1.165) is 18.9 Å². The summed E-state index contributed by atoms with van der Waals surface area (Å²) < 4.78 is 0. The van der Waals surface area contributed by atoms with Crippen LogP contribution in [0.5, 0.6) is 0 Å². The third kappa shape index (κ3) is 2.69. The summed E-state index contributed by atoms with van der Waals surface area (Å²) >= 11 is 5.87. The molecule has 1 aliphatic carbocycles. The zero-order valence-electron chi connectivity index (χ0n) is 12.1. The van der Waals surface area contributed by atoms with Gasteiger partial charge in [-0.15, -0.1) is 0 Å². The van der Waals surface area contributed by atoms with Crippen LogP contribution >= 0.6 is 11.6 Å². The van der Waals surface area contributed by atoms with Crippen molar-refractivity contribution in [3.8, 4) is 0 Å². The highest BCUT2D eigenvalue weighted by Crippen LogP contribution is 2.43. The summed E-state index contributed by atoms with van der Waals surface area (Å²) in [5.41, 5.74) is 0.705. The van der Waals surface area contributed by atoms with Crippen LogP contribution in [0.25, 0.3) is 0 Å². The van der Waals surface area contributed by atoms with Crippen LogP contribution in [0, 0.1) is 0 Å². The Kier molecular flexibility index (Phi) is 3.43. The van der Waals surface area contributed by atoms with Gasteiger partial charge in [-0.25, -0.2) is 0 Å². The Morgan fingerprint density at radius 1 is 1.00 bits per heavy atom. The smallest absolute Gasteiger partial charge is 0.251 e. The standard InChI is InChI=1S/C17H21ClN2O/c18-12-3-1-11(2-4-12)17(21)19-13-9-15-7-8-16(10-13)20(15)14-5-6-14/h1-4,13-16H,5-10H2,(H,19,21)/t13?,15-,16+. The zero-order valence-corrected chi connectivity index (χ0v) is 12.9. The lowest BCUT2D eigenvalue weighted by atomic mass is 9.96. The monoisotopic (exact) mass is 304 g/mol. The van der Waals surface area contributed by atoms with Crippen LogP contribution in [0.3, 0.4) is 0 Å². The van der Waals surface area contributed by atoms with Crippen molar-refractivity contribution in [2.75, 3.05) is 0 Å². The Morgan fingerprint density at radius 3 is 2.14 bits per heavy atom. The molecule has 3 fully saturated rings. The molecule has 21 heavy (non-hydrogen) atoms. The highest BCUT2D eigenvalue weighted by Gasteiger charge is 2.47. The van der Waals surface area contributed by atoms with E-state index in [1.54, 1.807) is 24.3 Å². The van der Waals surface area contributed by atoms with E-state index in [9.17, 15) is 4.79 Å². The number of rotatable bonds is 3. The van der Waals surface area contributed by atoms with Crippen molar-refractivity contribution in [2.24, 2.45) is 0 Å². The fraction of sp³-hybridized carbons (Fsp3) is 0.588. The van der Waals surface area contributed by atoms with Gasteiger partial charge in [0, 0.05) is 34.8 Å². The lowest BCUT2D eigenvalue weighted by Crippen LogP contribution is -2.51. The summed E-state index contributed by atoms with van der Waals surface area (Å²) in [4.78, 5) is 15.1. The van der Waals surface area contributed by atoms with E-state index < -0.39 is 0 Å². The number of amides is 1. The first-order chi connectivity index (χ1) is 10.2. The average molecular weight is 305 g/mol. The highest BCUT2D eigenvalue weighted by atomic mass is 35.5. The molecule has 0 radical (unpaired) electrons. The summed E-state index contributed by atoms with van der Waals surface area (Å²) in [6, 6.07) is 9.73. The van der Waals surface area contributed by atoms with Crippen LogP contribution in [0.15, 0.2) is 24.3 Å². The first kappa shape index (κ1) is 13.6. The maximum absolute atomic E-state index is 12.3. The molecule has 1 aromatic carbocycles. The van der Waals surface area contributed by atoms with Crippen LogP contribution in [-0.4, -0.2) is 35.0 Å². The molecule has 2 saturated heterocycles. The third-order valence-electron chi connectivity index (χ3n) is 5.20. The molecule has 112 valence electrons. The molecule has 4 rings (SSSR count). The van der Waals surface area contributed by atoms with E-state index in [-0.39, 0.29) is 5.91 Å². The van der Waals surface area contributed by atoms with Gasteiger partial charge in [-0.1, -0.05) is 11.6 Å². The van der Waals surface area contributed by atoms with E-state index in [1.807, 2.05) is 0 Å². The van der Waals surface area contributed by atoms with Crippen molar-refractivity contribution in [1.82, 2.24) is 10.2 Å². The van der Waals surface area contributed by atoms with Crippen LogP contribution in [0.4, 0.5) is 0 Å². The number of nitrogens with one attached hydrogen (secondary N) is 1. The van der Waals surface area contributed by atoms with Gasteiger partial charge in [0.15, 0.2) is 0 Å². The molecule has 0 aromatic heterocycles. The fourth-order valence-electron chi connectivity index (χ4n) is 4.17. The van der Waals surface area contributed by atoms with Gasteiger partial charge in [-0.3, -0.25) is 9.69 Å². The molecule has 1 amide bonds. The van der Waals surface area contributed by atoms with Gasteiger partial charge in [-0.05, 0) is 62.8 Å². The number of carbonyl (C=O) groups is 1. The molecule has 3 nitrogen and oxygen atoms in total. The van der Waals surface area contributed by atoms with Crippen molar-refractivity contribution in [3.05, 3.63) is 34.9 Å². The molecule has 2 heterocycles. The van der Waals surface area contributed by atoms with Gasteiger partial charge >= 0.3 is 0 Å². The topological polar surface area (TPSA) is 32.3 Å². The number of benzene rings is 1. The van der Waals surface area contributed by atoms with Gasteiger partial charge in [0.05, 0.1) is 0 Å². The van der Waals surface area contributed by atoms with Crippen molar-refractivity contribution in [3.63, 3.8) is 0 Å². The molecular weight excluding hydrogens is 284 g/mol. The SMILES string of the molecule is O=C(NC1C[C@H]2CC[C@@H](C1)N2C1CC1)c1ccc(Cl)cc1. The molecular formula is C17H21ClN2O. The van der Waals surface area contributed by atoms with Gasteiger partial charge < -0.3 is 5.32 Å². The maximum Gasteiger partial charge on any atom is 0.251 e.